The summed E-state index contributed by atoms with van der Waals surface area (Å²) in [7, 11) is 0. The number of Topliss-reactive ketones (excluding diaryl/α,β-unsaturated/α-hetero) is 1. The summed E-state index contributed by atoms with van der Waals surface area (Å²) in [6, 6.07) is 5.62. The fraction of sp³-hybridized carbons (Fsp3) is 0.222. The first-order chi connectivity index (χ1) is 6.52. The van der Waals surface area contributed by atoms with Gasteiger partial charge in [0.1, 0.15) is 5.38 Å². The summed E-state index contributed by atoms with van der Waals surface area (Å²) >= 11 is 5.75. The van der Waals surface area contributed by atoms with Crippen LogP contribution in [0.4, 0.5) is 5.69 Å². The Morgan fingerprint density at radius 1 is 1.43 bits per heavy atom. The number of carbonyl (C=O) groups is 1. The highest BCUT2D eigenvalue weighted by Gasteiger charge is 2.14. The first kappa shape index (κ1) is 10.7. The van der Waals surface area contributed by atoms with Crippen LogP contribution in [0.15, 0.2) is 24.3 Å². The van der Waals surface area contributed by atoms with E-state index in [-0.39, 0.29) is 11.5 Å². The van der Waals surface area contributed by atoms with Crippen molar-refractivity contribution < 1.29 is 9.72 Å². The molecule has 1 rings (SSSR count). The van der Waals surface area contributed by atoms with Crippen LogP contribution in [0.5, 0.6) is 0 Å². The maximum absolute atomic E-state index is 10.9. The molecular formula is C9H8ClNO3. The molecule has 4 nitrogen and oxygen atoms in total. The van der Waals surface area contributed by atoms with Gasteiger partial charge in [0.25, 0.3) is 5.69 Å². The SMILES string of the molecule is CC(=O)C(Cl)c1ccc([N+](=O)[O-])cc1. The van der Waals surface area contributed by atoms with Gasteiger partial charge in [-0.1, -0.05) is 12.1 Å². The van der Waals surface area contributed by atoms with Crippen LogP contribution in [0.25, 0.3) is 0 Å². The first-order valence-corrected chi connectivity index (χ1v) is 4.35. The molecule has 0 saturated heterocycles. The number of halogens is 1. The number of non-ortho nitro benzene ring substituents is 1. The second-order valence-electron chi connectivity index (χ2n) is 2.82. The predicted octanol–water partition coefficient (Wildman–Crippen LogP) is 2.46. The highest BCUT2D eigenvalue weighted by Crippen LogP contribution is 2.23. The number of alkyl halides is 1. The van der Waals surface area contributed by atoms with Gasteiger partial charge < -0.3 is 0 Å². The molecule has 1 aromatic rings. The summed E-state index contributed by atoms with van der Waals surface area (Å²) in [5.41, 5.74) is 0.561. The molecule has 0 radical (unpaired) electrons. The van der Waals surface area contributed by atoms with Gasteiger partial charge in [0.2, 0.25) is 0 Å². The maximum Gasteiger partial charge on any atom is 0.269 e. The van der Waals surface area contributed by atoms with Gasteiger partial charge in [0.15, 0.2) is 5.78 Å². The lowest BCUT2D eigenvalue weighted by molar-refractivity contribution is -0.384. The predicted molar refractivity (Wildman–Crippen MR) is 52.4 cm³/mol. The van der Waals surface area contributed by atoms with Crippen molar-refractivity contribution in [2.24, 2.45) is 0 Å². The van der Waals surface area contributed by atoms with Crippen LogP contribution in [-0.4, -0.2) is 10.7 Å². The van der Waals surface area contributed by atoms with Gasteiger partial charge in [-0.15, -0.1) is 11.6 Å². The fourth-order valence-electron chi connectivity index (χ4n) is 1.000. The molecule has 0 aliphatic heterocycles. The number of nitrogens with zero attached hydrogens (tertiary/aromatic N) is 1. The topological polar surface area (TPSA) is 60.2 Å². The van der Waals surface area contributed by atoms with Crippen LogP contribution in [0, 0.1) is 10.1 Å². The van der Waals surface area contributed by atoms with Crippen LogP contribution in [-0.2, 0) is 4.79 Å². The number of rotatable bonds is 3. The monoisotopic (exact) mass is 213 g/mol. The van der Waals surface area contributed by atoms with Crippen molar-refractivity contribution in [2.75, 3.05) is 0 Å². The van der Waals surface area contributed by atoms with E-state index in [9.17, 15) is 14.9 Å². The highest BCUT2D eigenvalue weighted by atomic mass is 35.5. The molecule has 74 valence electrons. The molecular weight excluding hydrogens is 206 g/mol. The van der Waals surface area contributed by atoms with E-state index in [4.69, 9.17) is 11.6 Å². The second-order valence-corrected chi connectivity index (χ2v) is 3.26. The molecule has 0 heterocycles. The minimum absolute atomic E-state index is 0.0128. The van der Waals surface area contributed by atoms with E-state index in [1.54, 1.807) is 0 Å². The van der Waals surface area contributed by atoms with Gasteiger partial charge in [-0.25, -0.2) is 0 Å². The largest absolute Gasteiger partial charge is 0.298 e. The Hall–Kier alpha value is -1.42. The van der Waals surface area contributed by atoms with Crippen LogP contribution < -0.4 is 0 Å². The zero-order chi connectivity index (χ0) is 10.7. The number of nitro benzene ring substituents is 1. The van der Waals surface area contributed by atoms with Crippen LogP contribution >= 0.6 is 11.6 Å². The molecule has 0 aromatic heterocycles. The molecule has 1 aromatic carbocycles. The molecule has 0 saturated carbocycles. The lowest BCUT2D eigenvalue weighted by Gasteiger charge is -2.04. The van der Waals surface area contributed by atoms with Crippen molar-refractivity contribution in [3.63, 3.8) is 0 Å². The number of benzene rings is 1. The summed E-state index contributed by atoms with van der Waals surface area (Å²) in [6.45, 7) is 1.37. The Morgan fingerprint density at radius 3 is 2.29 bits per heavy atom. The Morgan fingerprint density at radius 2 is 1.93 bits per heavy atom. The number of carbonyl (C=O) groups excluding carboxylic acids is 1. The maximum atomic E-state index is 10.9. The quantitative estimate of drug-likeness (QED) is 0.440. The third kappa shape index (κ3) is 2.29. The summed E-state index contributed by atoms with van der Waals surface area (Å²) < 4.78 is 0. The van der Waals surface area contributed by atoms with Gasteiger partial charge in [-0.2, -0.15) is 0 Å². The molecule has 0 amide bonds. The smallest absolute Gasteiger partial charge is 0.269 e. The molecule has 1 atom stereocenters. The lowest BCUT2D eigenvalue weighted by atomic mass is 10.1. The normalized spacial score (nSPS) is 12.1. The average Bonchev–Trinajstić information content (AvgIpc) is 2.16. The zero-order valence-corrected chi connectivity index (χ0v) is 8.19. The Balaban J connectivity index is 2.94. The summed E-state index contributed by atoms with van der Waals surface area (Å²) in [5, 5.41) is 9.60. The van der Waals surface area contributed by atoms with Crippen molar-refractivity contribution >= 4 is 23.1 Å². The van der Waals surface area contributed by atoms with Gasteiger partial charge in [-0.3, -0.25) is 14.9 Å². The first-order valence-electron chi connectivity index (χ1n) is 3.91. The van der Waals surface area contributed by atoms with Gasteiger partial charge in [0.05, 0.1) is 4.92 Å². The van der Waals surface area contributed by atoms with E-state index in [1.165, 1.54) is 31.2 Å². The number of hydrogen-bond donors (Lipinski definition) is 0. The van der Waals surface area contributed by atoms with E-state index in [0.29, 0.717) is 5.56 Å². The Bertz CT molecular complexity index is 361. The van der Waals surface area contributed by atoms with E-state index in [0.717, 1.165) is 0 Å². The Labute approximate surface area is 85.6 Å². The zero-order valence-electron chi connectivity index (χ0n) is 7.44. The standard InChI is InChI=1S/C9H8ClNO3/c1-6(12)9(10)7-2-4-8(5-3-7)11(13)14/h2-5,9H,1H3. The van der Waals surface area contributed by atoms with E-state index >= 15 is 0 Å². The molecule has 5 heteroatoms. The van der Waals surface area contributed by atoms with Gasteiger partial charge in [-0.05, 0) is 12.5 Å². The molecule has 0 spiro atoms. The molecule has 0 aliphatic carbocycles. The minimum atomic E-state index is -0.726. The molecule has 0 N–H and O–H groups in total. The third-order valence-corrected chi connectivity index (χ3v) is 2.31. The van der Waals surface area contributed by atoms with E-state index in [1.807, 2.05) is 0 Å². The molecule has 1 unspecified atom stereocenters. The average molecular weight is 214 g/mol. The lowest BCUT2D eigenvalue weighted by Crippen LogP contribution is -2.01. The summed E-state index contributed by atoms with van der Waals surface area (Å²) in [5.74, 6) is -0.180. The van der Waals surface area contributed by atoms with Crippen LogP contribution in [0.2, 0.25) is 0 Å². The second kappa shape index (κ2) is 4.19. The third-order valence-electron chi connectivity index (χ3n) is 1.75. The van der Waals surface area contributed by atoms with Crippen LogP contribution in [0.1, 0.15) is 17.9 Å². The van der Waals surface area contributed by atoms with Gasteiger partial charge in [0, 0.05) is 12.1 Å². The van der Waals surface area contributed by atoms with Crippen molar-refractivity contribution in [2.45, 2.75) is 12.3 Å². The highest BCUT2D eigenvalue weighted by molar-refractivity contribution is 6.30. The summed E-state index contributed by atoms with van der Waals surface area (Å²) in [6.07, 6.45) is 0. The molecule has 14 heavy (non-hydrogen) atoms. The molecule has 0 bridgehead atoms. The van der Waals surface area contributed by atoms with E-state index < -0.39 is 10.3 Å². The molecule has 0 fully saturated rings. The summed E-state index contributed by atoms with van der Waals surface area (Å²) in [4.78, 5) is 20.7. The number of hydrogen-bond acceptors (Lipinski definition) is 3. The molecule has 0 aliphatic rings. The van der Waals surface area contributed by atoms with E-state index in [2.05, 4.69) is 0 Å². The number of ketones is 1. The van der Waals surface area contributed by atoms with Gasteiger partial charge >= 0.3 is 0 Å². The minimum Gasteiger partial charge on any atom is -0.298 e. The Kier molecular flexibility index (Phi) is 3.19. The van der Waals surface area contributed by atoms with Crippen LogP contribution in [0.3, 0.4) is 0 Å². The van der Waals surface area contributed by atoms with Crippen molar-refractivity contribution in [3.05, 3.63) is 39.9 Å². The van der Waals surface area contributed by atoms with Crippen molar-refractivity contribution in [3.8, 4) is 0 Å². The number of nitro groups is 1. The van der Waals surface area contributed by atoms with Crippen molar-refractivity contribution in [1.29, 1.82) is 0 Å². The fourth-order valence-corrected chi connectivity index (χ4v) is 1.15. The van der Waals surface area contributed by atoms with Crippen molar-refractivity contribution in [1.82, 2.24) is 0 Å².